The molecule has 0 spiro atoms. The van der Waals surface area contributed by atoms with Crippen LogP contribution in [0.25, 0.3) is 0 Å². The highest BCUT2D eigenvalue weighted by Crippen LogP contribution is 2.25. The van der Waals surface area contributed by atoms with Gasteiger partial charge < -0.3 is 5.32 Å². The van der Waals surface area contributed by atoms with Crippen LogP contribution in [0.5, 0.6) is 0 Å². The van der Waals surface area contributed by atoms with E-state index >= 15 is 0 Å². The van der Waals surface area contributed by atoms with Gasteiger partial charge in [-0.3, -0.25) is 4.79 Å². The summed E-state index contributed by atoms with van der Waals surface area (Å²) in [7, 11) is 0. The number of carbonyl (C=O) groups excluding carboxylic acids is 1. The summed E-state index contributed by atoms with van der Waals surface area (Å²) in [5.74, 6) is -0.986. The molecule has 0 unspecified atom stereocenters. The Balaban J connectivity index is 2.25. The van der Waals surface area contributed by atoms with Crippen molar-refractivity contribution in [1.29, 1.82) is 0 Å². The van der Waals surface area contributed by atoms with E-state index in [1.54, 1.807) is 0 Å². The minimum atomic E-state index is -0.637. The quantitative estimate of drug-likeness (QED) is 0.801. The van der Waals surface area contributed by atoms with E-state index in [2.05, 4.69) is 5.32 Å². The third-order valence-electron chi connectivity index (χ3n) is 2.17. The molecular formula is C10H8Cl2FNO. The molecule has 1 amide bonds. The highest BCUT2D eigenvalue weighted by Gasteiger charge is 2.25. The number of hydrogen-bond acceptors (Lipinski definition) is 1. The van der Waals surface area contributed by atoms with Gasteiger partial charge >= 0.3 is 0 Å². The van der Waals surface area contributed by atoms with Gasteiger partial charge in [0.25, 0.3) is 5.91 Å². The Bertz CT molecular complexity index is 418. The van der Waals surface area contributed by atoms with Gasteiger partial charge in [-0.1, -0.05) is 23.2 Å². The van der Waals surface area contributed by atoms with E-state index < -0.39 is 5.82 Å². The van der Waals surface area contributed by atoms with Crippen molar-refractivity contribution in [2.24, 2.45) is 0 Å². The fourth-order valence-electron chi connectivity index (χ4n) is 1.19. The maximum absolute atomic E-state index is 13.1. The van der Waals surface area contributed by atoms with Gasteiger partial charge in [0.2, 0.25) is 0 Å². The molecule has 0 atom stereocenters. The standard InChI is InChI=1S/C10H8Cl2FNO/c11-7-4-8(12)9(13)3-6(7)10(15)14-5-1-2-5/h3-5H,1-2H2,(H,14,15). The summed E-state index contributed by atoms with van der Waals surface area (Å²) in [4.78, 5) is 11.6. The summed E-state index contributed by atoms with van der Waals surface area (Å²) < 4.78 is 13.1. The SMILES string of the molecule is O=C(NC1CC1)c1cc(F)c(Cl)cc1Cl. The molecule has 1 fully saturated rings. The number of nitrogens with one attached hydrogen (secondary N) is 1. The van der Waals surface area contributed by atoms with Crippen molar-refractivity contribution in [2.45, 2.75) is 18.9 Å². The molecule has 80 valence electrons. The van der Waals surface area contributed by atoms with Crippen LogP contribution in [-0.4, -0.2) is 11.9 Å². The fourth-order valence-corrected chi connectivity index (χ4v) is 1.66. The van der Waals surface area contributed by atoms with Crippen LogP contribution in [0.2, 0.25) is 10.0 Å². The summed E-state index contributed by atoms with van der Waals surface area (Å²) in [5, 5.41) is 2.81. The molecule has 1 aliphatic carbocycles. The van der Waals surface area contributed by atoms with E-state index in [-0.39, 0.29) is 27.6 Å². The van der Waals surface area contributed by atoms with Gasteiger partial charge in [-0.2, -0.15) is 0 Å². The van der Waals surface area contributed by atoms with Crippen LogP contribution in [0.15, 0.2) is 12.1 Å². The molecule has 5 heteroatoms. The lowest BCUT2D eigenvalue weighted by Gasteiger charge is -2.06. The molecule has 0 aliphatic heterocycles. The average molecular weight is 248 g/mol. The van der Waals surface area contributed by atoms with E-state index in [4.69, 9.17) is 23.2 Å². The van der Waals surface area contributed by atoms with Crippen molar-refractivity contribution >= 4 is 29.1 Å². The van der Waals surface area contributed by atoms with Crippen molar-refractivity contribution in [1.82, 2.24) is 5.32 Å². The van der Waals surface area contributed by atoms with Crippen LogP contribution in [0.3, 0.4) is 0 Å². The molecule has 0 saturated heterocycles. The van der Waals surface area contributed by atoms with Crippen molar-refractivity contribution < 1.29 is 9.18 Å². The van der Waals surface area contributed by atoms with Gasteiger partial charge in [-0.25, -0.2) is 4.39 Å². The summed E-state index contributed by atoms with van der Waals surface area (Å²) in [6.07, 6.45) is 1.94. The Hall–Kier alpha value is -0.800. The lowest BCUT2D eigenvalue weighted by atomic mass is 10.2. The van der Waals surface area contributed by atoms with Gasteiger partial charge in [-0.05, 0) is 25.0 Å². The lowest BCUT2D eigenvalue weighted by molar-refractivity contribution is 0.0951. The monoisotopic (exact) mass is 247 g/mol. The molecular weight excluding hydrogens is 240 g/mol. The molecule has 1 aromatic rings. The summed E-state index contributed by atoms with van der Waals surface area (Å²) in [5.41, 5.74) is 0.130. The lowest BCUT2D eigenvalue weighted by Crippen LogP contribution is -2.25. The first-order chi connectivity index (χ1) is 7.08. The summed E-state index contributed by atoms with van der Waals surface area (Å²) in [6, 6.07) is 2.51. The third-order valence-corrected chi connectivity index (χ3v) is 2.77. The van der Waals surface area contributed by atoms with Crippen molar-refractivity contribution in [3.8, 4) is 0 Å². The zero-order valence-corrected chi connectivity index (χ0v) is 9.20. The number of halogens is 3. The maximum atomic E-state index is 13.1. The molecule has 0 aromatic heterocycles. The molecule has 1 aliphatic rings. The van der Waals surface area contributed by atoms with Crippen LogP contribution >= 0.6 is 23.2 Å². The summed E-state index contributed by atoms with van der Waals surface area (Å²) in [6.45, 7) is 0. The highest BCUT2D eigenvalue weighted by atomic mass is 35.5. The van der Waals surface area contributed by atoms with Crippen LogP contribution in [0.4, 0.5) is 4.39 Å². The first kappa shape index (κ1) is 10.7. The number of benzene rings is 1. The second kappa shape index (κ2) is 3.99. The van der Waals surface area contributed by atoms with Gasteiger partial charge in [0.1, 0.15) is 5.82 Å². The van der Waals surface area contributed by atoms with Gasteiger partial charge in [-0.15, -0.1) is 0 Å². The zero-order valence-electron chi connectivity index (χ0n) is 7.69. The fraction of sp³-hybridized carbons (Fsp3) is 0.300. The molecule has 1 aromatic carbocycles. The largest absolute Gasteiger partial charge is 0.349 e. The normalized spacial score (nSPS) is 15.1. The molecule has 2 nitrogen and oxygen atoms in total. The van der Waals surface area contributed by atoms with Crippen molar-refractivity contribution in [3.05, 3.63) is 33.6 Å². The van der Waals surface area contributed by atoms with E-state index in [0.29, 0.717) is 0 Å². The first-order valence-electron chi connectivity index (χ1n) is 4.53. The number of carbonyl (C=O) groups is 1. The Morgan fingerprint density at radius 2 is 2.00 bits per heavy atom. The third kappa shape index (κ3) is 2.41. The predicted molar refractivity (Wildman–Crippen MR) is 56.9 cm³/mol. The molecule has 1 saturated carbocycles. The molecule has 0 bridgehead atoms. The number of rotatable bonds is 2. The minimum absolute atomic E-state index is 0.0806. The predicted octanol–water partition coefficient (Wildman–Crippen LogP) is 3.02. The van der Waals surface area contributed by atoms with E-state index in [9.17, 15) is 9.18 Å². The van der Waals surface area contributed by atoms with E-state index in [0.717, 1.165) is 18.9 Å². The van der Waals surface area contributed by atoms with Crippen LogP contribution in [-0.2, 0) is 0 Å². The van der Waals surface area contributed by atoms with Gasteiger partial charge in [0.15, 0.2) is 0 Å². The molecule has 0 heterocycles. The van der Waals surface area contributed by atoms with Crippen molar-refractivity contribution in [3.63, 3.8) is 0 Å². The summed E-state index contributed by atoms with van der Waals surface area (Å²) >= 11 is 11.3. The van der Waals surface area contributed by atoms with Crippen LogP contribution < -0.4 is 5.32 Å². The van der Waals surface area contributed by atoms with Gasteiger partial charge in [0.05, 0.1) is 15.6 Å². The molecule has 2 rings (SSSR count). The average Bonchev–Trinajstić information content (AvgIpc) is 2.95. The zero-order chi connectivity index (χ0) is 11.0. The Kier molecular flexibility index (Phi) is 2.85. The minimum Gasteiger partial charge on any atom is -0.349 e. The number of amides is 1. The van der Waals surface area contributed by atoms with E-state index in [1.807, 2.05) is 0 Å². The number of hydrogen-bond donors (Lipinski definition) is 1. The Labute approximate surface area is 96.4 Å². The Morgan fingerprint density at radius 1 is 1.33 bits per heavy atom. The molecule has 15 heavy (non-hydrogen) atoms. The maximum Gasteiger partial charge on any atom is 0.253 e. The molecule has 1 N–H and O–H groups in total. The topological polar surface area (TPSA) is 29.1 Å². The van der Waals surface area contributed by atoms with Crippen molar-refractivity contribution in [2.75, 3.05) is 0 Å². The second-order valence-electron chi connectivity index (χ2n) is 3.49. The smallest absolute Gasteiger partial charge is 0.253 e. The van der Waals surface area contributed by atoms with Gasteiger partial charge in [0, 0.05) is 6.04 Å². The van der Waals surface area contributed by atoms with Crippen LogP contribution in [0.1, 0.15) is 23.2 Å². The van der Waals surface area contributed by atoms with Crippen LogP contribution in [0, 0.1) is 5.82 Å². The Morgan fingerprint density at radius 3 is 2.60 bits per heavy atom. The second-order valence-corrected chi connectivity index (χ2v) is 4.31. The molecule has 0 radical (unpaired) electrons. The highest BCUT2D eigenvalue weighted by molar-refractivity contribution is 6.36. The first-order valence-corrected chi connectivity index (χ1v) is 5.29. The van der Waals surface area contributed by atoms with E-state index in [1.165, 1.54) is 6.07 Å².